The molecule has 1 saturated heterocycles. The summed E-state index contributed by atoms with van der Waals surface area (Å²) in [5.74, 6) is 0.267. The Morgan fingerprint density at radius 2 is 1.50 bits per heavy atom. The third kappa shape index (κ3) is 2.90. The normalized spacial score (nSPS) is 14.7. The molecule has 1 amide bonds. The van der Waals surface area contributed by atoms with Gasteiger partial charge in [-0.2, -0.15) is 0 Å². The van der Waals surface area contributed by atoms with Crippen LogP contribution in [0.5, 0.6) is 11.5 Å². The first-order valence-electron chi connectivity index (χ1n) is 8.92. The van der Waals surface area contributed by atoms with Crippen molar-refractivity contribution in [3.8, 4) is 11.5 Å². The number of phenols is 2. The molecule has 3 aromatic rings. The number of benzene rings is 3. The summed E-state index contributed by atoms with van der Waals surface area (Å²) in [4.78, 5) is 13.9. The number of carbonyl (C=O) groups is 1. The number of piperidine rings is 1. The highest BCUT2D eigenvalue weighted by atomic mass is 16.6. The van der Waals surface area contributed by atoms with Gasteiger partial charge >= 0.3 is 6.09 Å². The lowest BCUT2D eigenvalue weighted by Gasteiger charge is -2.25. The zero-order chi connectivity index (χ0) is 18.1. The third-order valence-electron chi connectivity index (χ3n) is 5.01. The van der Waals surface area contributed by atoms with Crippen LogP contribution in [0.4, 0.5) is 4.79 Å². The third-order valence-corrected chi connectivity index (χ3v) is 5.01. The summed E-state index contributed by atoms with van der Waals surface area (Å²) in [6, 6.07) is 12.5. The van der Waals surface area contributed by atoms with Crippen LogP contribution in [0.1, 0.15) is 24.8 Å². The predicted octanol–water partition coefficient (Wildman–Crippen LogP) is 4.53. The maximum Gasteiger partial charge on any atom is 0.410 e. The number of hydrogen-bond acceptors (Lipinski definition) is 4. The van der Waals surface area contributed by atoms with Gasteiger partial charge in [0.25, 0.3) is 0 Å². The van der Waals surface area contributed by atoms with Crippen molar-refractivity contribution < 1.29 is 19.7 Å². The van der Waals surface area contributed by atoms with E-state index in [-0.39, 0.29) is 24.2 Å². The van der Waals surface area contributed by atoms with E-state index in [9.17, 15) is 15.0 Å². The Morgan fingerprint density at radius 1 is 0.885 bits per heavy atom. The minimum Gasteiger partial charge on any atom is -0.507 e. The average Bonchev–Trinajstić information content (AvgIpc) is 2.70. The van der Waals surface area contributed by atoms with Crippen LogP contribution in [0.3, 0.4) is 0 Å². The summed E-state index contributed by atoms with van der Waals surface area (Å²) >= 11 is 0. The summed E-state index contributed by atoms with van der Waals surface area (Å²) in [5.41, 5.74) is 0.771. The van der Waals surface area contributed by atoms with Crippen molar-refractivity contribution in [1.29, 1.82) is 0 Å². The Bertz CT molecular complexity index is 977. The van der Waals surface area contributed by atoms with E-state index >= 15 is 0 Å². The van der Waals surface area contributed by atoms with E-state index in [1.165, 1.54) is 0 Å². The van der Waals surface area contributed by atoms with E-state index < -0.39 is 0 Å². The van der Waals surface area contributed by atoms with Crippen LogP contribution in [0, 0.1) is 0 Å². The first-order chi connectivity index (χ1) is 12.6. The maximum atomic E-state index is 12.1. The standard InChI is InChI=1S/C21H21NO4/c23-19-15-6-2-3-7-16(15)20(24)18-12-14(8-9-17(18)19)13-26-21(25)22-10-4-1-5-11-22/h2-3,6-9,12,23-24H,1,4-5,10-11,13H2. The quantitative estimate of drug-likeness (QED) is 0.526. The summed E-state index contributed by atoms with van der Waals surface area (Å²) < 4.78 is 5.42. The topological polar surface area (TPSA) is 70.0 Å². The number of fused-ring (bicyclic) bond motifs is 2. The van der Waals surface area contributed by atoms with E-state index in [0.717, 1.165) is 37.9 Å². The number of hydrogen-bond donors (Lipinski definition) is 2. The van der Waals surface area contributed by atoms with Gasteiger partial charge < -0.3 is 19.8 Å². The maximum absolute atomic E-state index is 12.1. The van der Waals surface area contributed by atoms with Gasteiger partial charge in [0.05, 0.1) is 0 Å². The number of carbonyl (C=O) groups excluding carboxylic acids is 1. The van der Waals surface area contributed by atoms with Crippen molar-refractivity contribution in [2.45, 2.75) is 25.9 Å². The van der Waals surface area contributed by atoms with E-state index in [2.05, 4.69) is 0 Å². The predicted molar refractivity (Wildman–Crippen MR) is 100 cm³/mol. The highest BCUT2D eigenvalue weighted by Crippen LogP contribution is 2.41. The Balaban J connectivity index is 1.62. The zero-order valence-corrected chi connectivity index (χ0v) is 14.4. The second-order valence-corrected chi connectivity index (χ2v) is 6.73. The molecule has 0 atom stereocenters. The van der Waals surface area contributed by atoms with Gasteiger partial charge in [0.2, 0.25) is 0 Å². The van der Waals surface area contributed by atoms with Crippen LogP contribution >= 0.6 is 0 Å². The highest BCUT2D eigenvalue weighted by Gasteiger charge is 2.18. The molecule has 1 fully saturated rings. The fourth-order valence-corrected chi connectivity index (χ4v) is 3.58. The molecule has 0 aromatic heterocycles. The SMILES string of the molecule is O=C(OCc1ccc2c(O)c3ccccc3c(O)c2c1)N1CCCCC1. The van der Waals surface area contributed by atoms with Crippen molar-refractivity contribution in [1.82, 2.24) is 4.90 Å². The molecular weight excluding hydrogens is 330 g/mol. The molecule has 0 saturated carbocycles. The van der Waals surface area contributed by atoms with Gasteiger partial charge in [-0.05, 0) is 30.9 Å². The largest absolute Gasteiger partial charge is 0.507 e. The Morgan fingerprint density at radius 3 is 2.19 bits per heavy atom. The van der Waals surface area contributed by atoms with E-state index in [1.54, 1.807) is 35.2 Å². The molecule has 0 aliphatic carbocycles. The lowest BCUT2D eigenvalue weighted by molar-refractivity contribution is 0.0895. The summed E-state index contributed by atoms with van der Waals surface area (Å²) in [6.45, 7) is 1.63. The van der Waals surface area contributed by atoms with Gasteiger partial charge in [-0.25, -0.2) is 4.79 Å². The minimum absolute atomic E-state index is 0.123. The summed E-state index contributed by atoms with van der Waals surface area (Å²) in [5, 5.41) is 23.5. The molecule has 0 unspecified atom stereocenters. The number of amides is 1. The lowest BCUT2D eigenvalue weighted by Crippen LogP contribution is -2.35. The number of nitrogens with zero attached hydrogens (tertiary/aromatic N) is 1. The Labute approximate surface area is 151 Å². The number of phenolic OH excluding ortho intramolecular Hbond substituents is 2. The van der Waals surface area contributed by atoms with Crippen molar-refractivity contribution in [2.24, 2.45) is 0 Å². The molecule has 134 valence electrons. The molecule has 1 aliphatic rings. The Hall–Kier alpha value is -2.95. The molecule has 0 bridgehead atoms. The lowest BCUT2D eigenvalue weighted by atomic mass is 9.99. The molecule has 1 aliphatic heterocycles. The van der Waals surface area contributed by atoms with E-state index in [4.69, 9.17) is 4.74 Å². The van der Waals surface area contributed by atoms with Crippen molar-refractivity contribution >= 4 is 27.6 Å². The number of ether oxygens (including phenoxy) is 1. The van der Waals surface area contributed by atoms with E-state index in [0.29, 0.717) is 21.5 Å². The van der Waals surface area contributed by atoms with Crippen LogP contribution < -0.4 is 0 Å². The molecule has 5 heteroatoms. The molecule has 0 spiro atoms. The molecule has 26 heavy (non-hydrogen) atoms. The highest BCUT2D eigenvalue weighted by molar-refractivity contribution is 6.10. The molecule has 3 aromatic carbocycles. The van der Waals surface area contributed by atoms with Gasteiger partial charge in [-0.1, -0.05) is 36.4 Å². The van der Waals surface area contributed by atoms with Gasteiger partial charge in [-0.3, -0.25) is 0 Å². The van der Waals surface area contributed by atoms with Crippen molar-refractivity contribution in [3.05, 3.63) is 48.0 Å². The van der Waals surface area contributed by atoms with Gasteiger partial charge in [0.15, 0.2) is 0 Å². The fraction of sp³-hybridized carbons (Fsp3) is 0.286. The van der Waals surface area contributed by atoms with Crippen molar-refractivity contribution in [2.75, 3.05) is 13.1 Å². The first kappa shape index (κ1) is 16.5. The van der Waals surface area contributed by atoms with Gasteiger partial charge in [0, 0.05) is 34.6 Å². The van der Waals surface area contributed by atoms with Crippen LogP contribution in [-0.2, 0) is 11.3 Å². The van der Waals surface area contributed by atoms with Gasteiger partial charge in [-0.15, -0.1) is 0 Å². The molecule has 4 rings (SSSR count). The minimum atomic E-state index is -0.296. The monoisotopic (exact) mass is 351 g/mol. The molecule has 0 radical (unpaired) electrons. The summed E-state index contributed by atoms with van der Waals surface area (Å²) in [6.07, 6.45) is 2.90. The van der Waals surface area contributed by atoms with Crippen molar-refractivity contribution in [3.63, 3.8) is 0 Å². The van der Waals surface area contributed by atoms with Crippen LogP contribution in [0.2, 0.25) is 0 Å². The molecular formula is C21H21NO4. The van der Waals surface area contributed by atoms with E-state index in [1.807, 2.05) is 12.1 Å². The van der Waals surface area contributed by atoms with Gasteiger partial charge in [0.1, 0.15) is 18.1 Å². The molecule has 5 nitrogen and oxygen atoms in total. The first-order valence-corrected chi connectivity index (χ1v) is 8.92. The second kappa shape index (κ2) is 6.75. The number of rotatable bonds is 2. The number of aromatic hydroxyl groups is 2. The zero-order valence-electron chi connectivity index (χ0n) is 14.4. The number of likely N-dealkylation sites (tertiary alicyclic amines) is 1. The second-order valence-electron chi connectivity index (χ2n) is 6.73. The molecule has 1 heterocycles. The summed E-state index contributed by atoms with van der Waals surface area (Å²) in [7, 11) is 0. The van der Waals surface area contributed by atoms with Crippen LogP contribution in [0.15, 0.2) is 42.5 Å². The average molecular weight is 351 g/mol. The Kier molecular flexibility index (Phi) is 4.29. The van der Waals surface area contributed by atoms with Crippen LogP contribution in [-0.4, -0.2) is 34.3 Å². The molecule has 2 N–H and O–H groups in total. The smallest absolute Gasteiger partial charge is 0.410 e. The fourth-order valence-electron chi connectivity index (χ4n) is 3.58. The van der Waals surface area contributed by atoms with Crippen LogP contribution in [0.25, 0.3) is 21.5 Å².